The number of fused-ring (bicyclic) bond motifs is 1. The Labute approximate surface area is 190 Å². The average Bonchev–Trinajstić information content (AvgIpc) is 3.15. The first-order chi connectivity index (χ1) is 15.1. The van der Waals surface area contributed by atoms with Gasteiger partial charge in [0, 0.05) is 48.4 Å². The van der Waals surface area contributed by atoms with Gasteiger partial charge in [-0.3, -0.25) is 9.69 Å². The second kappa shape index (κ2) is 9.34. The summed E-state index contributed by atoms with van der Waals surface area (Å²) in [5, 5.41) is 1.50. The van der Waals surface area contributed by atoms with E-state index in [-0.39, 0.29) is 5.91 Å². The summed E-state index contributed by atoms with van der Waals surface area (Å²) in [6.07, 6.45) is 0. The second-order valence-electron chi connectivity index (χ2n) is 7.30. The van der Waals surface area contributed by atoms with Crippen LogP contribution >= 0.6 is 22.9 Å². The molecule has 1 saturated heterocycles. The zero-order chi connectivity index (χ0) is 22.0. The van der Waals surface area contributed by atoms with Crippen molar-refractivity contribution < 1.29 is 19.0 Å². The molecule has 0 N–H and O–H groups in total. The van der Waals surface area contributed by atoms with Crippen molar-refractivity contribution in [2.75, 3.05) is 47.5 Å². The van der Waals surface area contributed by atoms with Crippen LogP contribution < -0.4 is 14.2 Å². The monoisotopic (exact) mass is 460 g/mol. The van der Waals surface area contributed by atoms with Crippen LogP contribution in [-0.4, -0.2) is 63.2 Å². The van der Waals surface area contributed by atoms with E-state index in [1.807, 2.05) is 41.3 Å². The summed E-state index contributed by atoms with van der Waals surface area (Å²) in [5.41, 5.74) is 1.02. The number of carbonyl (C=O) groups excluding carboxylic acids is 1. The smallest absolute Gasteiger partial charge is 0.265 e. The molecule has 31 heavy (non-hydrogen) atoms. The normalized spacial score (nSPS) is 14.6. The number of hydrogen-bond donors (Lipinski definition) is 0. The molecule has 1 aliphatic heterocycles. The van der Waals surface area contributed by atoms with E-state index in [0.717, 1.165) is 28.7 Å². The lowest BCUT2D eigenvalue weighted by atomic mass is 10.1. The highest BCUT2D eigenvalue weighted by molar-refractivity contribution is 7.21. The molecule has 6 nitrogen and oxygen atoms in total. The SMILES string of the molecule is COc1ccc(CN2CCN(C(=O)c3sc4ccccc4c3Cl)CC2)c(OC)c1OC. The van der Waals surface area contributed by atoms with Crippen molar-refractivity contribution in [2.24, 2.45) is 0 Å². The summed E-state index contributed by atoms with van der Waals surface area (Å²) in [6.45, 7) is 3.55. The van der Waals surface area contributed by atoms with E-state index >= 15 is 0 Å². The molecule has 2 heterocycles. The maximum absolute atomic E-state index is 13.1. The minimum Gasteiger partial charge on any atom is -0.493 e. The molecule has 0 atom stereocenters. The highest BCUT2D eigenvalue weighted by Crippen LogP contribution is 2.40. The number of ether oxygens (including phenoxy) is 3. The molecule has 0 bridgehead atoms. The number of nitrogens with zero attached hydrogens (tertiary/aromatic N) is 2. The van der Waals surface area contributed by atoms with E-state index in [0.29, 0.717) is 46.8 Å². The number of benzene rings is 2. The van der Waals surface area contributed by atoms with Crippen molar-refractivity contribution in [1.29, 1.82) is 0 Å². The van der Waals surface area contributed by atoms with Crippen molar-refractivity contribution in [2.45, 2.75) is 6.54 Å². The molecule has 1 amide bonds. The number of hydrogen-bond acceptors (Lipinski definition) is 6. The Kier molecular flexibility index (Phi) is 6.55. The highest BCUT2D eigenvalue weighted by Gasteiger charge is 2.27. The number of carbonyl (C=O) groups is 1. The van der Waals surface area contributed by atoms with Crippen molar-refractivity contribution in [3.63, 3.8) is 0 Å². The Morgan fingerprint density at radius 1 is 0.968 bits per heavy atom. The molecule has 0 spiro atoms. The number of halogens is 1. The third kappa shape index (κ3) is 4.18. The van der Waals surface area contributed by atoms with Crippen molar-refractivity contribution in [3.05, 3.63) is 51.9 Å². The van der Waals surface area contributed by atoms with Gasteiger partial charge < -0.3 is 19.1 Å². The predicted molar refractivity (Wildman–Crippen MR) is 124 cm³/mol. The molecular weight excluding hydrogens is 436 g/mol. The molecule has 0 saturated carbocycles. The van der Waals surface area contributed by atoms with Crippen LogP contribution in [-0.2, 0) is 6.54 Å². The fourth-order valence-electron chi connectivity index (χ4n) is 3.93. The standard InChI is InChI=1S/C23H25ClN2O4S/c1-28-17-9-8-15(20(29-2)21(17)30-3)14-25-10-12-26(13-11-25)23(27)22-19(24)16-6-4-5-7-18(16)31-22/h4-9H,10-14H2,1-3H3. The molecule has 2 aromatic carbocycles. The van der Waals surface area contributed by atoms with Gasteiger partial charge in [-0.25, -0.2) is 0 Å². The third-order valence-corrected chi connectivity index (χ3v) is 7.23. The Bertz CT molecular complexity index is 1090. The van der Waals surface area contributed by atoms with E-state index < -0.39 is 0 Å². The third-order valence-electron chi connectivity index (χ3n) is 5.57. The van der Waals surface area contributed by atoms with Gasteiger partial charge in [-0.2, -0.15) is 0 Å². The highest BCUT2D eigenvalue weighted by atomic mass is 35.5. The Hall–Kier alpha value is -2.48. The number of piperazine rings is 1. The Balaban J connectivity index is 1.44. The van der Waals surface area contributed by atoms with Crippen molar-refractivity contribution in [3.8, 4) is 17.2 Å². The zero-order valence-electron chi connectivity index (χ0n) is 17.8. The number of amides is 1. The first-order valence-electron chi connectivity index (χ1n) is 10.0. The van der Waals surface area contributed by atoms with Crippen LogP contribution in [0.4, 0.5) is 0 Å². The van der Waals surface area contributed by atoms with Gasteiger partial charge in [0.2, 0.25) is 5.75 Å². The van der Waals surface area contributed by atoms with Crippen LogP contribution in [0.15, 0.2) is 36.4 Å². The van der Waals surface area contributed by atoms with Gasteiger partial charge in [0.15, 0.2) is 11.5 Å². The maximum atomic E-state index is 13.1. The molecule has 0 unspecified atom stereocenters. The van der Waals surface area contributed by atoms with Gasteiger partial charge in [0.05, 0.1) is 26.4 Å². The summed E-state index contributed by atoms with van der Waals surface area (Å²) in [5.74, 6) is 1.92. The quantitative estimate of drug-likeness (QED) is 0.540. The molecule has 0 radical (unpaired) electrons. The average molecular weight is 461 g/mol. The first-order valence-corrected chi connectivity index (χ1v) is 11.2. The van der Waals surface area contributed by atoms with Crippen LogP contribution in [0, 0.1) is 0 Å². The fraction of sp³-hybridized carbons (Fsp3) is 0.348. The largest absolute Gasteiger partial charge is 0.493 e. The van der Waals surface area contributed by atoms with E-state index in [1.54, 1.807) is 21.3 Å². The van der Waals surface area contributed by atoms with Crippen LogP contribution in [0.5, 0.6) is 17.2 Å². The van der Waals surface area contributed by atoms with E-state index in [2.05, 4.69) is 4.90 Å². The molecule has 164 valence electrons. The number of methoxy groups -OCH3 is 3. The minimum absolute atomic E-state index is 0.00884. The van der Waals surface area contributed by atoms with Gasteiger partial charge in [-0.05, 0) is 12.1 Å². The molecule has 1 aliphatic rings. The summed E-state index contributed by atoms with van der Waals surface area (Å²) in [4.78, 5) is 17.9. The van der Waals surface area contributed by atoms with E-state index in [4.69, 9.17) is 25.8 Å². The van der Waals surface area contributed by atoms with Gasteiger partial charge >= 0.3 is 0 Å². The molecule has 8 heteroatoms. The first kappa shape index (κ1) is 21.7. The summed E-state index contributed by atoms with van der Waals surface area (Å²) >= 11 is 7.97. The van der Waals surface area contributed by atoms with Crippen LogP contribution in [0.1, 0.15) is 15.2 Å². The van der Waals surface area contributed by atoms with Gasteiger partial charge in [-0.15, -0.1) is 11.3 Å². The number of rotatable bonds is 6. The number of thiophene rings is 1. The molecule has 3 aromatic rings. The van der Waals surface area contributed by atoms with Crippen LogP contribution in [0.3, 0.4) is 0 Å². The summed E-state index contributed by atoms with van der Waals surface area (Å²) in [7, 11) is 4.84. The van der Waals surface area contributed by atoms with Crippen LogP contribution in [0.2, 0.25) is 5.02 Å². The minimum atomic E-state index is 0.00884. The van der Waals surface area contributed by atoms with E-state index in [9.17, 15) is 4.79 Å². The van der Waals surface area contributed by atoms with Gasteiger partial charge in [-0.1, -0.05) is 35.9 Å². The summed E-state index contributed by atoms with van der Waals surface area (Å²) in [6, 6.07) is 11.7. The lowest BCUT2D eigenvalue weighted by Crippen LogP contribution is -2.48. The summed E-state index contributed by atoms with van der Waals surface area (Å²) < 4.78 is 17.5. The molecule has 4 rings (SSSR count). The van der Waals surface area contributed by atoms with Gasteiger partial charge in [0.25, 0.3) is 5.91 Å². The van der Waals surface area contributed by atoms with Crippen LogP contribution in [0.25, 0.3) is 10.1 Å². The zero-order valence-corrected chi connectivity index (χ0v) is 19.4. The van der Waals surface area contributed by atoms with Crippen molar-refractivity contribution >= 4 is 38.9 Å². The second-order valence-corrected chi connectivity index (χ2v) is 8.73. The van der Waals surface area contributed by atoms with Crippen molar-refractivity contribution in [1.82, 2.24) is 9.80 Å². The van der Waals surface area contributed by atoms with E-state index in [1.165, 1.54) is 11.3 Å². The molecule has 1 aromatic heterocycles. The predicted octanol–water partition coefficient (Wildman–Crippen LogP) is 4.54. The lowest BCUT2D eigenvalue weighted by Gasteiger charge is -2.35. The fourth-order valence-corrected chi connectivity index (χ4v) is 5.41. The Morgan fingerprint density at radius 3 is 2.32 bits per heavy atom. The Morgan fingerprint density at radius 2 is 1.68 bits per heavy atom. The lowest BCUT2D eigenvalue weighted by molar-refractivity contribution is 0.0632. The van der Waals surface area contributed by atoms with Gasteiger partial charge in [0.1, 0.15) is 4.88 Å². The molecule has 0 aliphatic carbocycles. The maximum Gasteiger partial charge on any atom is 0.265 e. The molecule has 1 fully saturated rings. The topological polar surface area (TPSA) is 51.2 Å². The molecular formula is C23H25ClN2O4S.